The zero-order chi connectivity index (χ0) is 15.1. The quantitative estimate of drug-likeness (QED) is 0.791. The summed E-state index contributed by atoms with van der Waals surface area (Å²) < 4.78 is 5.05. The Bertz CT molecular complexity index is 570. The fourth-order valence-corrected chi connectivity index (χ4v) is 1.83. The fourth-order valence-electron chi connectivity index (χ4n) is 1.83. The molecule has 1 atom stereocenters. The van der Waals surface area contributed by atoms with Crippen LogP contribution in [0.3, 0.4) is 0 Å². The summed E-state index contributed by atoms with van der Waals surface area (Å²) in [5, 5.41) is 15.3. The molecular formula is C16H18N2O3. The number of hydrogen-bond donors (Lipinski definition) is 3. The number of ether oxygens (including phenoxy) is 1. The van der Waals surface area contributed by atoms with Crippen molar-refractivity contribution >= 4 is 11.7 Å². The lowest BCUT2D eigenvalue weighted by Gasteiger charge is -2.13. The first-order valence-electron chi connectivity index (χ1n) is 6.61. The second-order valence-electron chi connectivity index (χ2n) is 4.49. The molecule has 21 heavy (non-hydrogen) atoms. The van der Waals surface area contributed by atoms with Crippen LogP contribution in [0.2, 0.25) is 0 Å². The first-order valence-corrected chi connectivity index (χ1v) is 6.61. The molecule has 0 spiro atoms. The van der Waals surface area contributed by atoms with E-state index in [1.165, 1.54) is 0 Å². The number of anilines is 1. The molecule has 1 unspecified atom stereocenters. The first-order chi connectivity index (χ1) is 10.2. The molecular weight excluding hydrogens is 268 g/mol. The molecule has 110 valence electrons. The Morgan fingerprint density at radius 2 is 1.81 bits per heavy atom. The molecule has 0 saturated heterocycles. The van der Waals surface area contributed by atoms with Gasteiger partial charge in [-0.05, 0) is 29.8 Å². The number of benzene rings is 2. The minimum Gasteiger partial charge on any atom is -0.497 e. The normalized spacial score (nSPS) is 11.5. The van der Waals surface area contributed by atoms with Crippen molar-refractivity contribution in [1.29, 1.82) is 0 Å². The molecule has 5 heteroatoms. The smallest absolute Gasteiger partial charge is 0.319 e. The molecule has 0 bridgehead atoms. The van der Waals surface area contributed by atoms with Crippen LogP contribution in [0.5, 0.6) is 5.75 Å². The Kier molecular flexibility index (Phi) is 5.17. The second-order valence-corrected chi connectivity index (χ2v) is 4.49. The number of methoxy groups -OCH3 is 1. The van der Waals surface area contributed by atoms with Gasteiger partial charge in [0.1, 0.15) is 5.75 Å². The van der Waals surface area contributed by atoms with Crippen LogP contribution in [0.4, 0.5) is 10.5 Å². The Morgan fingerprint density at radius 1 is 1.14 bits per heavy atom. The van der Waals surface area contributed by atoms with E-state index in [9.17, 15) is 9.90 Å². The lowest BCUT2D eigenvalue weighted by Crippen LogP contribution is -2.32. The van der Waals surface area contributed by atoms with Crippen molar-refractivity contribution in [2.75, 3.05) is 19.0 Å². The zero-order valence-electron chi connectivity index (χ0n) is 11.7. The third-order valence-corrected chi connectivity index (χ3v) is 2.99. The molecule has 5 nitrogen and oxygen atoms in total. The Morgan fingerprint density at radius 3 is 2.43 bits per heavy atom. The highest BCUT2D eigenvalue weighted by Crippen LogP contribution is 2.17. The van der Waals surface area contributed by atoms with E-state index >= 15 is 0 Å². The zero-order valence-corrected chi connectivity index (χ0v) is 11.7. The maximum Gasteiger partial charge on any atom is 0.319 e. The van der Waals surface area contributed by atoms with Crippen molar-refractivity contribution in [2.24, 2.45) is 0 Å². The van der Waals surface area contributed by atoms with Crippen molar-refractivity contribution in [2.45, 2.75) is 6.10 Å². The fraction of sp³-hybridized carbons (Fsp3) is 0.188. The van der Waals surface area contributed by atoms with Crippen molar-refractivity contribution in [3.63, 3.8) is 0 Å². The van der Waals surface area contributed by atoms with E-state index in [1.54, 1.807) is 43.5 Å². The van der Waals surface area contributed by atoms with Gasteiger partial charge in [0.25, 0.3) is 0 Å². The van der Waals surface area contributed by atoms with Gasteiger partial charge in [-0.2, -0.15) is 0 Å². The molecule has 2 rings (SSSR count). The highest BCUT2D eigenvalue weighted by Gasteiger charge is 2.09. The number of nitrogens with one attached hydrogen (secondary N) is 2. The number of aliphatic hydroxyl groups is 1. The molecule has 3 N–H and O–H groups in total. The van der Waals surface area contributed by atoms with Crippen LogP contribution in [0.25, 0.3) is 0 Å². The van der Waals surface area contributed by atoms with Crippen LogP contribution < -0.4 is 15.4 Å². The predicted octanol–water partition coefficient (Wildman–Crippen LogP) is 2.55. The Labute approximate surface area is 123 Å². The van der Waals surface area contributed by atoms with Crippen molar-refractivity contribution in [1.82, 2.24) is 5.32 Å². The van der Waals surface area contributed by atoms with Gasteiger partial charge in [0.2, 0.25) is 0 Å². The molecule has 0 aliphatic rings. The molecule has 2 aromatic rings. The summed E-state index contributed by atoms with van der Waals surface area (Å²) in [5.74, 6) is 0.723. The second kappa shape index (κ2) is 7.31. The third-order valence-electron chi connectivity index (χ3n) is 2.99. The SMILES string of the molecule is COc1ccc(C(O)CNC(=O)Nc2ccccc2)cc1. The molecule has 0 aliphatic carbocycles. The largest absolute Gasteiger partial charge is 0.497 e. The summed E-state index contributed by atoms with van der Waals surface area (Å²) in [4.78, 5) is 11.7. The molecule has 0 aliphatic heterocycles. The minimum atomic E-state index is -0.766. The minimum absolute atomic E-state index is 0.130. The van der Waals surface area contributed by atoms with Crippen LogP contribution in [0.1, 0.15) is 11.7 Å². The number of hydrogen-bond acceptors (Lipinski definition) is 3. The molecule has 2 amide bonds. The maximum absolute atomic E-state index is 11.7. The average Bonchev–Trinajstić information content (AvgIpc) is 2.53. The van der Waals surface area contributed by atoms with E-state index in [2.05, 4.69) is 10.6 Å². The van der Waals surface area contributed by atoms with Gasteiger partial charge in [0.05, 0.1) is 13.2 Å². The van der Waals surface area contributed by atoms with Crippen LogP contribution in [0.15, 0.2) is 54.6 Å². The maximum atomic E-state index is 11.7. The average molecular weight is 286 g/mol. The van der Waals surface area contributed by atoms with E-state index in [0.29, 0.717) is 5.69 Å². The summed E-state index contributed by atoms with van der Waals surface area (Å²) in [7, 11) is 1.58. The van der Waals surface area contributed by atoms with E-state index in [1.807, 2.05) is 18.2 Å². The molecule has 0 aromatic heterocycles. The van der Waals surface area contributed by atoms with E-state index < -0.39 is 6.10 Å². The van der Waals surface area contributed by atoms with Crippen molar-refractivity contribution in [3.05, 3.63) is 60.2 Å². The van der Waals surface area contributed by atoms with Crippen LogP contribution in [-0.4, -0.2) is 24.8 Å². The van der Waals surface area contributed by atoms with Gasteiger partial charge in [-0.25, -0.2) is 4.79 Å². The highest BCUT2D eigenvalue weighted by atomic mass is 16.5. The van der Waals surface area contributed by atoms with Gasteiger partial charge in [-0.1, -0.05) is 30.3 Å². The number of para-hydroxylation sites is 1. The summed E-state index contributed by atoms with van der Waals surface area (Å²) in [6.07, 6.45) is -0.766. The molecule has 2 aromatic carbocycles. The monoisotopic (exact) mass is 286 g/mol. The van der Waals surface area contributed by atoms with Crippen LogP contribution in [0, 0.1) is 0 Å². The van der Waals surface area contributed by atoms with Gasteiger partial charge in [0, 0.05) is 12.2 Å². The summed E-state index contributed by atoms with van der Waals surface area (Å²) in [6.45, 7) is 0.130. The van der Waals surface area contributed by atoms with Crippen molar-refractivity contribution in [3.8, 4) is 5.75 Å². The number of carbonyl (C=O) groups is 1. The third kappa shape index (κ3) is 4.50. The Balaban J connectivity index is 1.82. The van der Waals surface area contributed by atoms with Crippen LogP contribution >= 0.6 is 0 Å². The van der Waals surface area contributed by atoms with Gasteiger partial charge in [-0.3, -0.25) is 0 Å². The first kappa shape index (κ1) is 14.9. The predicted molar refractivity (Wildman–Crippen MR) is 81.4 cm³/mol. The number of aliphatic hydroxyl groups excluding tert-OH is 1. The van der Waals surface area contributed by atoms with Gasteiger partial charge in [-0.15, -0.1) is 0 Å². The topological polar surface area (TPSA) is 70.6 Å². The number of rotatable bonds is 5. The summed E-state index contributed by atoms with van der Waals surface area (Å²) >= 11 is 0. The van der Waals surface area contributed by atoms with Gasteiger partial charge >= 0.3 is 6.03 Å². The summed E-state index contributed by atoms with van der Waals surface area (Å²) in [5.41, 5.74) is 1.42. The van der Waals surface area contributed by atoms with Gasteiger partial charge in [0.15, 0.2) is 0 Å². The molecule has 0 fully saturated rings. The lowest BCUT2D eigenvalue weighted by molar-refractivity contribution is 0.175. The van der Waals surface area contributed by atoms with E-state index in [-0.39, 0.29) is 12.6 Å². The van der Waals surface area contributed by atoms with Crippen molar-refractivity contribution < 1.29 is 14.6 Å². The lowest BCUT2D eigenvalue weighted by atomic mass is 10.1. The summed E-state index contributed by atoms with van der Waals surface area (Å²) in [6, 6.07) is 15.8. The highest BCUT2D eigenvalue weighted by molar-refractivity contribution is 5.89. The standard InChI is InChI=1S/C16H18N2O3/c1-21-14-9-7-12(8-10-14)15(19)11-17-16(20)18-13-5-3-2-4-6-13/h2-10,15,19H,11H2,1H3,(H2,17,18,20). The van der Waals surface area contributed by atoms with E-state index in [0.717, 1.165) is 11.3 Å². The van der Waals surface area contributed by atoms with E-state index in [4.69, 9.17) is 4.74 Å². The number of amides is 2. The molecule has 0 radical (unpaired) electrons. The molecule has 0 saturated carbocycles. The Hall–Kier alpha value is -2.53. The van der Waals surface area contributed by atoms with Gasteiger partial charge < -0.3 is 20.5 Å². The molecule has 0 heterocycles. The van der Waals surface area contributed by atoms with Crippen LogP contribution in [-0.2, 0) is 0 Å². The number of carbonyl (C=O) groups excluding carboxylic acids is 1. The number of urea groups is 1.